The molecule has 0 saturated carbocycles. The Bertz CT molecular complexity index is 620. The molecule has 2 heterocycles. The monoisotopic (exact) mass is 300 g/mol. The van der Waals surface area contributed by atoms with Crippen molar-refractivity contribution >= 4 is 5.69 Å². The molecule has 0 fully saturated rings. The van der Waals surface area contributed by atoms with E-state index in [1.165, 1.54) is 6.07 Å². The maximum atomic E-state index is 12.4. The summed E-state index contributed by atoms with van der Waals surface area (Å²) in [5.41, 5.74) is 1.22. The maximum Gasteiger partial charge on any atom is 0.433 e. The molecule has 0 atom stereocenters. The Balaban J connectivity index is 2.10. The van der Waals surface area contributed by atoms with Gasteiger partial charge in [0.2, 0.25) is 5.88 Å². The average molecular weight is 300 g/mol. The summed E-state index contributed by atoms with van der Waals surface area (Å²) >= 11 is 0. The van der Waals surface area contributed by atoms with E-state index in [4.69, 9.17) is 4.74 Å². The Morgan fingerprint density at radius 2 is 2.05 bits per heavy atom. The van der Waals surface area contributed by atoms with Crippen LogP contribution in [0, 0.1) is 6.92 Å². The predicted molar refractivity (Wildman–Crippen MR) is 71.1 cm³/mol. The Hall–Kier alpha value is -2.25. The molecule has 0 unspecified atom stereocenters. The minimum atomic E-state index is -4.43. The highest BCUT2D eigenvalue weighted by atomic mass is 19.4. The number of aromatic nitrogens is 3. The molecular formula is C13H15F3N4O. The number of ether oxygens (including phenoxy) is 1. The van der Waals surface area contributed by atoms with Crippen molar-refractivity contribution in [3.63, 3.8) is 0 Å². The van der Waals surface area contributed by atoms with Gasteiger partial charge >= 0.3 is 6.18 Å². The van der Waals surface area contributed by atoms with Crippen molar-refractivity contribution in [3.05, 3.63) is 35.3 Å². The normalized spacial score (nSPS) is 11.5. The Labute approximate surface area is 119 Å². The largest absolute Gasteiger partial charge is 0.481 e. The van der Waals surface area contributed by atoms with Crippen LogP contribution in [0.5, 0.6) is 5.88 Å². The number of nitrogens with zero attached hydrogens (tertiary/aromatic N) is 3. The van der Waals surface area contributed by atoms with Crippen LogP contribution in [0.3, 0.4) is 0 Å². The molecule has 2 aromatic rings. The fourth-order valence-corrected chi connectivity index (χ4v) is 2.00. The van der Waals surface area contributed by atoms with E-state index in [1.54, 1.807) is 18.8 Å². The zero-order chi connectivity index (χ0) is 15.6. The van der Waals surface area contributed by atoms with E-state index >= 15 is 0 Å². The third-order valence-electron chi connectivity index (χ3n) is 3.01. The molecule has 0 saturated heterocycles. The van der Waals surface area contributed by atoms with Gasteiger partial charge in [-0.25, -0.2) is 9.67 Å². The van der Waals surface area contributed by atoms with Crippen molar-refractivity contribution in [2.24, 2.45) is 7.05 Å². The highest BCUT2D eigenvalue weighted by Gasteiger charge is 2.32. The van der Waals surface area contributed by atoms with Crippen LogP contribution < -0.4 is 10.1 Å². The van der Waals surface area contributed by atoms with Gasteiger partial charge in [0.15, 0.2) is 0 Å². The molecule has 114 valence electrons. The van der Waals surface area contributed by atoms with Gasteiger partial charge in [-0.3, -0.25) is 0 Å². The number of hydrogen-bond acceptors (Lipinski definition) is 4. The van der Waals surface area contributed by atoms with Crippen molar-refractivity contribution < 1.29 is 17.9 Å². The standard InChI is InChI=1S/C13H15F3N4O/c1-8-10(12(21-3)20(2)19-8)7-17-9-4-5-11(18-6-9)13(14,15)16/h4-6,17H,7H2,1-3H3. The summed E-state index contributed by atoms with van der Waals surface area (Å²) in [5, 5.41) is 7.23. The van der Waals surface area contributed by atoms with Gasteiger partial charge in [0.05, 0.1) is 30.3 Å². The molecule has 5 nitrogen and oxygen atoms in total. The zero-order valence-corrected chi connectivity index (χ0v) is 11.8. The number of rotatable bonds is 4. The number of aryl methyl sites for hydroxylation is 2. The molecular weight excluding hydrogens is 285 g/mol. The van der Waals surface area contributed by atoms with Crippen LogP contribution in [0.4, 0.5) is 18.9 Å². The first-order valence-electron chi connectivity index (χ1n) is 6.16. The second kappa shape index (κ2) is 5.63. The fourth-order valence-electron chi connectivity index (χ4n) is 2.00. The Morgan fingerprint density at radius 3 is 2.57 bits per heavy atom. The third kappa shape index (κ3) is 3.26. The molecule has 21 heavy (non-hydrogen) atoms. The summed E-state index contributed by atoms with van der Waals surface area (Å²) in [5.74, 6) is 0.611. The molecule has 0 aliphatic rings. The summed E-state index contributed by atoms with van der Waals surface area (Å²) in [7, 11) is 3.30. The molecule has 0 spiro atoms. The van der Waals surface area contributed by atoms with Crippen molar-refractivity contribution in [1.29, 1.82) is 0 Å². The first-order valence-corrected chi connectivity index (χ1v) is 6.16. The number of methoxy groups -OCH3 is 1. The van der Waals surface area contributed by atoms with Crippen LogP contribution in [0.1, 0.15) is 17.0 Å². The van der Waals surface area contributed by atoms with Crippen molar-refractivity contribution in [3.8, 4) is 5.88 Å². The van der Waals surface area contributed by atoms with E-state index in [1.807, 2.05) is 6.92 Å². The van der Waals surface area contributed by atoms with E-state index in [2.05, 4.69) is 15.4 Å². The minimum absolute atomic E-state index is 0.385. The molecule has 0 radical (unpaired) electrons. The van der Waals surface area contributed by atoms with E-state index in [0.29, 0.717) is 18.1 Å². The first kappa shape index (κ1) is 15.1. The average Bonchev–Trinajstić information content (AvgIpc) is 2.69. The molecule has 0 aliphatic heterocycles. The van der Waals surface area contributed by atoms with Crippen LogP contribution in [0.2, 0.25) is 0 Å². The lowest BCUT2D eigenvalue weighted by atomic mass is 10.2. The maximum absolute atomic E-state index is 12.4. The Morgan fingerprint density at radius 1 is 1.33 bits per heavy atom. The topological polar surface area (TPSA) is 52.0 Å². The van der Waals surface area contributed by atoms with Crippen molar-refractivity contribution in [2.45, 2.75) is 19.6 Å². The smallest absolute Gasteiger partial charge is 0.433 e. The molecule has 2 aromatic heterocycles. The molecule has 0 aliphatic carbocycles. The van der Waals surface area contributed by atoms with Gasteiger partial charge in [-0.05, 0) is 19.1 Å². The summed E-state index contributed by atoms with van der Waals surface area (Å²) in [6, 6.07) is 2.28. The third-order valence-corrected chi connectivity index (χ3v) is 3.01. The van der Waals surface area contributed by atoms with E-state index in [9.17, 15) is 13.2 Å². The number of pyridine rings is 1. The fraction of sp³-hybridized carbons (Fsp3) is 0.385. The van der Waals surface area contributed by atoms with Crippen LogP contribution in [-0.4, -0.2) is 21.9 Å². The molecule has 0 amide bonds. The summed E-state index contributed by atoms with van der Waals surface area (Å²) in [6.07, 6.45) is -3.28. The second-order valence-electron chi connectivity index (χ2n) is 4.48. The number of anilines is 1. The Kier molecular flexibility index (Phi) is 4.06. The minimum Gasteiger partial charge on any atom is -0.481 e. The van der Waals surface area contributed by atoms with E-state index in [-0.39, 0.29) is 0 Å². The lowest BCUT2D eigenvalue weighted by Gasteiger charge is -2.09. The quantitative estimate of drug-likeness (QED) is 0.943. The van der Waals surface area contributed by atoms with Gasteiger partial charge in [0, 0.05) is 13.6 Å². The summed E-state index contributed by atoms with van der Waals surface area (Å²) in [6.45, 7) is 2.22. The lowest BCUT2D eigenvalue weighted by molar-refractivity contribution is -0.141. The zero-order valence-electron chi connectivity index (χ0n) is 11.8. The SMILES string of the molecule is COc1c(CNc2ccc(C(F)(F)F)nc2)c(C)nn1C. The van der Waals surface area contributed by atoms with Crippen LogP contribution in [0.25, 0.3) is 0 Å². The number of nitrogens with one attached hydrogen (secondary N) is 1. The van der Waals surface area contributed by atoms with Gasteiger partial charge in [-0.1, -0.05) is 0 Å². The van der Waals surface area contributed by atoms with Gasteiger partial charge in [0.25, 0.3) is 0 Å². The highest BCUT2D eigenvalue weighted by molar-refractivity contribution is 5.44. The van der Waals surface area contributed by atoms with E-state index in [0.717, 1.165) is 23.5 Å². The second-order valence-corrected chi connectivity index (χ2v) is 4.48. The lowest BCUT2D eigenvalue weighted by Crippen LogP contribution is -2.08. The van der Waals surface area contributed by atoms with Crippen molar-refractivity contribution in [1.82, 2.24) is 14.8 Å². The molecule has 0 aromatic carbocycles. The highest BCUT2D eigenvalue weighted by Crippen LogP contribution is 2.28. The van der Waals surface area contributed by atoms with Crippen molar-refractivity contribution in [2.75, 3.05) is 12.4 Å². The van der Waals surface area contributed by atoms with Crippen LogP contribution >= 0.6 is 0 Å². The molecule has 0 bridgehead atoms. The van der Waals surface area contributed by atoms with Gasteiger partial charge < -0.3 is 10.1 Å². The first-order chi connectivity index (χ1) is 9.82. The summed E-state index contributed by atoms with van der Waals surface area (Å²) < 4.78 is 44.1. The molecule has 2 rings (SSSR count). The summed E-state index contributed by atoms with van der Waals surface area (Å²) in [4.78, 5) is 3.39. The number of halogens is 3. The number of hydrogen-bond donors (Lipinski definition) is 1. The number of alkyl halides is 3. The van der Waals surface area contributed by atoms with Crippen LogP contribution in [-0.2, 0) is 19.8 Å². The van der Waals surface area contributed by atoms with Crippen LogP contribution in [0.15, 0.2) is 18.3 Å². The van der Waals surface area contributed by atoms with Gasteiger partial charge in [0.1, 0.15) is 5.69 Å². The predicted octanol–water partition coefficient (Wildman–Crippen LogP) is 2.76. The van der Waals surface area contributed by atoms with E-state index < -0.39 is 11.9 Å². The molecule has 8 heteroatoms. The van der Waals surface area contributed by atoms with Gasteiger partial charge in [-0.2, -0.15) is 18.3 Å². The molecule has 1 N–H and O–H groups in total. The van der Waals surface area contributed by atoms with Gasteiger partial charge in [-0.15, -0.1) is 0 Å².